The maximum atomic E-state index is 5.47. The number of fused-ring (bicyclic) bond motifs is 3. The molecule has 1 saturated heterocycles. The lowest BCUT2D eigenvalue weighted by molar-refractivity contribution is 0.313. The van der Waals surface area contributed by atoms with Gasteiger partial charge in [0.2, 0.25) is 0 Å². The molecule has 2 heteroatoms. The summed E-state index contributed by atoms with van der Waals surface area (Å²) >= 11 is 0. The summed E-state index contributed by atoms with van der Waals surface area (Å²) in [5, 5.41) is 3.66. The predicted octanol–water partition coefficient (Wildman–Crippen LogP) is 2.48. The van der Waals surface area contributed by atoms with Gasteiger partial charge in [0, 0.05) is 6.04 Å². The lowest BCUT2D eigenvalue weighted by atomic mass is 9.75. The van der Waals surface area contributed by atoms with Crippen LogP contribution in [-0.2, 0) is 6.42 Å². The third-order valence-electron chi connectivity index (χ3n) is 4.08. The van der Waals surface area contributed by atoms with Crippen molar-refractivity contribution in [2.75, 3.05) is 13.7 Å². The van der Waals surface area contributed by atoms with Crippen LogP contribution in [0.1, 0.15) is 36.3 Å². The number of piperidine rings is 1. The number of methoxy groups -OCH3 is 1. The third-order valence-corrected chi connectivity index (χ3v) is 4.08. The van der Waals surface area contributed by atoms with E-state index in [-0.39, 0.29) is 0 Å². The molecule has 86 valence electrons. The molecule has 1 aromatic carbocycles. The summed E-state index contributed by atoms with van der Waals surface area (Å²) in [4.78, 5) is 0. The minimum absolute atomic E-state index is 0.702. The Morgan fingerprint density at radius 1 is 1.31 bits per heavy atom. The van der Waals surface area contributed by atoms with E-state index in [2.05, 4.69) is 23.5 Å². The van der Waals surface area contributed by atoms with Crippen LogP contribution >= 0.6 is 0 Å². The van der Waals surface area contributed by atoms with Crippen LogP contribution in [0, 0.1) is 0 Å². The van der Waals surface area contributed by atoms with E-state index in [1.54, 1.807) is 7.11 Å². The molecule has 3 rings (SSSR count). The lowest BCUT2D eigenvalue weighted by Crippen LogP contribution is -2.42. The van der Waals surface area contributed by atoms with Crippen molar-refractivity contribution < 1.29 is 4.74 Å². The Morgan fingerprint density at radius 3 is 3.12 bits per heavy atom. The molecule has 1 unspecified atom stereocenters. The van der Waals surface area contributed by atoms with E-state index >= 15 is 0 Å². The van der Waals surface area contributed by atoms with Crippen LogP contribution in [0.3, 0.4) is 0 Å². The number of nitrogens with one attached hydrogen (secondary N) is 1. The summed E-state index contributed by atoms with van der Waals surface area (Å²) in [5.74, 6) is 1.80. The predicted molar refractivity (Wildman–Crippen MR) is 65.1 cm³/mol. The summed E-state index contributed by atoms with van der Waals surface area (Å²) in [7, 11) is 1.78. The Morgan fingerprint density at radius 2 is 2.25 bits per heavy atom. The molecule has 0 bridgehead atoms. The molecule has 0 spiro atoms. The molecular formula is C14H19NO. The summed E-state index contributed by atoms with van der Waals surface area (Å²) in [6.07, 6.45) is 5.06. The Hall–Kier alpha value is -1.02. The zero-order chi connectivity index (χ0) is 11.0. The fourth-order valence-electron chi connectivity index (χ4n) is 3.32. The van der Waals surface area contributed by atoms with Gasteiger partial charge in [0.25, 0.3) is 0 Å². The van der Waals surface area contributed by atoms with Gasteiger partial charge in [0.15, 0.2) is 0 Å². The maximum Gasteiger partial charge on any atom is 0.122 e. The van der Waals surface area contributed by atoms with Crippen molar-refractivity contribution in [1.82, 2.24) is 5.32 Å². The molecule has 0 saturated carbocycles. The van der Waals surface area contributed by atoms with Crippen molar-refractivity contribution in [1.29, 1.82) is 0 Å². The van der Waals surface area contributed by atoms with Crippen LogP contribution < -0.4 is 10.1 Å². The van der Waals surface area contributed by atoms with Gasteiger partial charge < -0.3 is 10.1 Å². The molecule has 2 atom stereocenters. The van der Waals surface area contributed by atoms with Crippen LogP contribution in [0.15, 0.2) is 18.2 Å². The second-order valence-electron chi connectivity index (χ2n) is 4.88. The van der Waals surface area contributed by atoms with Gasteiger partial charge in [0.1, 0.15) is 5.75 Å². The second-order valence-corrected chi connectivity index (χ2v) is 4.88. The van der Waals surface area contributed by atoms with Crippen LogP contribution in [-0.4, -0.2) is 19.7 Å². The highest BCUT2D eigenvalue weighted by atomic mass is 16.5. The molecule has 16 heavy (non-hydrogen) atoms. The Bertz CT molecular complexity index is 388. The van der Waals surface area contributed by atoms with E-state index < -0.39 is 0 Å². The van der Waals surface area contributed by atoms with Gasteiger partial charge in [0.05, 0.1) is 7.11 Å². The fourth-order valence-corrected chi connectivity index (χ4v) is 3.32. The van der Waals surface area contributed by atoms with E-state index in [1.165, 1.54) is 36.9 Å². The molecule has 1 aliphatic heterocycles. The lowest BCUT2D eigenvalue weighted by Gasteiger charge is -2.38. The fraction of sp³-hybridized carbons (Fsp3) is 0.571. The average Bonchev–Trinajstić information content (AvgIpc) is 2.37. The van der Waals surface area contributed by atoms with Crippen LogP contribution in [0.4, 0.5) is 0 Å². The first kappa shape index (κ1) is 10.2. The smallest absolute Gasteiger partial charge is 0.122 e. The zero-order valence-corrected chi connectivity index (χ0v) is 9.83. The first-order valence-corrected chi connectivity index (χ1v) is 6.29. The highest BCUT2D eigenvalue weighted by Crippen LogP contribution is 2.40. The number of ether oxygens (including phenoxy) is 1. The van der Waals surface area contributed by atoms with Crippen molar-refractivity contribution in [2.45, 2.75) is 37.6 Å². The molecule has 1 aliphatic carbocycles. The van der Waals surface area contributed by atoms with Crippen molar-refractivity contribution in [3.05, 3.63) is 29.3 Å². The summed E-state index contributed by atoms with van der Waals surface area (Å²) in [5.41, 5.74) is 2.98. The van der Waals surface area contributed by atoms with Gasteiger partial charge in [-0.25, -0.2) is 0 Å². The largest absolute Gasteiger partial charge is 0.496 e. The highest BCUT2D eigenvalue weighted by Gasteiger charge is 2.32. The number of hydrogen-bond acceptors (Lipinski definition) is 2. The molecule has 1 aromatic rings. The molecule has 2 aliphatic rings. The minimum atomic E-state index is 0.702. The average molecular weight is 217 g/mol. The third kappa shape index (κ3) is 1.52. The number of rotatable bonds is 1. The van der Waals surface area contributed by atoms with Crippen molar-refractivity contribution in [2.24, 2.45) is 0 Å². The normalized spacial score (nSPS) is 28.1. The summed E-state index contributed by atoms with van der Waals surface area (Å²) in [6, 6.07) is 7.22. The summed E-state index contributed by atoms with van der Waals surface area (Å²) < 4.78 is 5.47. The SMILES string of the molecule is COc1cccc2c1CC[C@@H]1NCCCC21. The van der Waals surface area contributed by atoms with Crippen LogP contribution in [0.25, 0.3) is 0 Å². The van der Waals surface area contributed by atoms with Gasteiger partial charge in [-0.2, -0.15) is 0 Å². The second kappa shape index (κ2) is 4.10. The number of hydrogen-bond donors (Lipinski definition) is 1. The molecule has 1 heterocycles. The first-order chi connectivity index (χ1) is 7.90. The minimum Gasteiger partial charge on any atom is -0.496 e. The highest BCUT2D eigenvalue weighted by molar-refractivity contribution is 5.44. The van der Waals surface area contributed by atoms with Crippen LogP contribution in [0.5, 0.6) is 5.75 Å². The van der Waals surface area contributed by atoms with Gasteiger partial charge in [-0.15, -0.1) is 0 Å². The molecule has 2 nitrogen and oxygen atoms in total. The summed E-state index contributed by atoms with van der Waals surface area (Å²) in [6.45, 7) is 1.19. The molecule has 0 radical (unpaired) electrons. The van der Waals surface area contributed by atoms with Gasteiger partial charge in [-0.3, -0.25) is 0 Å². The topological polar surface area (TPSA) is 21.3 Å². The van der Waals surface area contributed by atoms with E-state index in [0.29, 0.717) is 12.0 Å². The van der Waals surface area contributed by atoms with E-state index in [1.807, 2.05) is 0 Å². The molecule has 1 fully saturated rings. The quantitative estimate of drug-likeness (QED) is 0.780. The van der Waals surface area contributed by atoms with Crippen molar-refractivity contribution in [3.8, 4) is 5.75 Å². The molecular weight excluding hydrogens is 198 g/mol. The van der Waals surface area contributed by atoms with Gasteiger partial charge in [-0.1, -0.05) is 12.1 Å². The molecule has 0 aromatic heterocycles. The number of benzene rings is 1. The first-order valence-electron chi connectivity index (χ1n) is 6.29. The van der Waals surface area contributed by atoms with Crippen molar-refractivity contribution >= 4 is 0 Å². The van der Waals surface area contributed by atoms with E-state index in [0.717, 1.165) is 12.2 Å². The van der Waals surface area contributed by atoms with E-state index in [4.69, 9.17) is 4.74 Å². The zero-order valence-electron chi connectivity index (χ0n) is 9.83. The maximum absolute atomic E-state index is 5.47. The molecule has 1 N–H and O–H groups in total. The van der Waals surface area contributed by atoms with E-state index in [9.17, 15) is 0 Å². The van der Waals surface area contributed by atoms with Gasteiger partial charge >= 0.3 is 0 Å². The van der Waals surface area contributed by atoms with Crippen LogP contribution in [0.2, 0.25) is 0 Å². The Labute approximate surface area is 97.0 Å². The van der Waals surface area contributed by atoms with Gasteiger partial charge in [-0.05, 0) is 55.3 Å². The Balaban J connectivity index is 2.01. The Kier molecular flexibility index (Phi) is 2.60. The van der Waals surface area contributed by atoms with Crippen molar-refractivity contribution in [3.63, 3.8) is 0 Å². The monoisotopic (exact) mass is 217 g/mol. The molecule has 0 amide bonds. The standard InChI is InChI=1S/C14H19NO/c1-16-14-6-2-4-10-11-5-3-9-15-13(11)8-7-12(10)14/h2,4,6,11,13,15H,3,5,7-9H2,1H3/t11?,13-/m0/s1.